The van der Waals surface area contributed by atoms with Crippen LogP contribution in [0.4, 0.5) is 5.69 Å². The largest absolute Gasteiger partial charge is 0.452 e. The van der Waals surface area contributed by atoms with Crippen LogP contribution in [-0.2, 0) is 9.53 Å². The highest BCUT2D eigenvalue weighted by atomic mass is 16.5. The highest BCUT2D eigenvalue weighted by molar-refractivity contribution is 5.96. The van der Waals surface area contributed by atoms with Crippen molar-refractivity contribution in [3.05, 3.63) is 52.8 Å². The number of aromatic nitrogens is 1. The van der Waals surface area contributed by atoms with Gasteiger partial charge in [-0.1, -0.05) is 0 Å². The molecule has 1 N–H and O–H groups in total. The van der Waals surface area contributed by atoms with Crippen LogP contribution in [0.5, 0.6) is 0 Å². The average Bonchev–Trinajstić information content (AvgIpc) is 3.38. The molecule has 1 saturated carbocycles. The maximum absolute atomic E-state index is 12.3. The summed E-state index contributed by atoms with van der Waals surface area (Å²) >= 11 is 0. The van der Waals surface area contributed by atoms with Gasteiger partial charge < -0.3 is 14.6 Å². The number of nitrogens with zero attached hydrogens (tertiary/aromatic N) is 2. The molecule has 6 heteroatoms. The Morgan fingerprint density at radius 3 is 2.56 bits per heavy atom. The van der Waals surface area contributed by atoms with E-state index in [1.54, 1.807) is 24.3 Å². The van der Waals surface area contributed by atoms with Crippen molar-refractivity contribution in [2.24, 2.45) is 0 Å². The van der Waals surface area contributed by atoms with Crippen LogP contribution >= 0.6 is 0 Å². The summed E-state index contributed by atoms with van der Waals surface area (Å²) in [4.78, 5) is 24.2. The molecule has 25 heavy (non-hydrogen) atoms. The Morgan fingerprint density at radius 1 is 1.28 bits per heavy atom. The maximum atomic E-state index is 12.3. The summed E-state index contributed by atoms with van der Waals surface area (Å²) in [5, 5.41) is 11.4. The third-order valence-corrected chi connectivity index (χ3v) is 4.25. The zero-order chi connectivity index (χ0) is 18.0. The van der Waals surface area contributed by atoms with Crippen molar-refractivity contribution in [3.8, 4) is 6.07 Å². The van der Waals surface area contributed by atoms with E-state index in [1.807, 2.05) is 26.0 Å². The zero-order valence-corrected chi connectivity index (χ0v) is 14.2. The molecule has 1 fully saturated rings. The van der Waals surface area contributed by atoms with E-state index in [0.717, 1.165) is 24.2 Å². The Labute approximate surface area is 146 Å². The maximum Gasteiger partial charge on any atom is 0.340 e. The quantitative estimate of drug-likeness (QED) is 0.850. The molecular formula is C19H19N3O3. The third-order valence-electron chi connectivity index (χ3n) is 4.25. The van der Waals surface area contributed by atoms with Crippen LogP contribution in [0, 0.1) is 25.2 Å². The van der Waals surface area contributed by atoms with E-state index in [2.05, 4.69) is 9.88 Å². The van der Waals surface area contributed by atoms with E-state index in [1.165, 1.54) is 0 Å². The van der Waals surface area contributed by atoms with E-state index in [0.29, 0.717) is 22.9 Å². The number of nitrogens with one attached hydrogen (secondary N) is 1. The molecule has 6 nitrogen and oxygen atoms in total. The molecule has 0 unspecified atom stereocenters. The van der Waals surface area contributed by atoms with E-state index < -0.39 is 11.9 Å². The number of carbonyl (C=O) groups excluding carboxylic acids is 2. The van der Waals surface area contributed by atoms with Gasteiger partial charge in [0.25, 0.3) is 5.91 Å². The van der Waals surface area contributed by atoms with Crippen molar-refractivity contribution in [2.45, 2.75) is 32.7 Å². The molecule has 0 aliphatic heterocycles. The van der Waals surface area contributed by atoms with Crippen molar-refractivity contribution < 1.29 is 14.3 Å². The summed E-state index contributed by atoms with van der Waals surface area (Å²) in [5.74, 6) is -0.913. The first-order chi connectivity index (χ1) is 12.0. The Morgan fingerprint density at radius 2 is 1.96 bits per heavy atom. The van der Waals surface area contributed by atoms with E-state index in [-0.39, 0.29) is 6.61 Å². The predicted octanol–water partition coefficient (Wildman–Crippen LogP) is 3.11. The Balaban J connectivity index is 1.57. The Bertz CT molecular complexity index is 855. The minimum atomic E-state index is -0.491. The third kappa shape index (κ3) is 3.72. The molecule has 3 rings (SSSR count). The molecule has 1 aromatic carbocycles. The van der Waals surface area contributed by atoms with Crippen LogP contribution in [-0.4, -0.2) is 23.1 Å². The smallest absolute Gasteiger partial charge is 0.340 e. The van der Waals surface area contributed by atoms with Crippen LogP contribution < -0.4 is 5.32 Å². The second-order valence-corrected chi connectivity index (χ2v) is 6.20. The molecule has 0 radical (unpaired) electrons. The van der Waals surface area contributed by atoms with Crippen molar-refractivity contribution in [1.82, 2.24) is 4.57 Å². The number of amides is 1. The van der Waals surface area contributed by atoms with Gasteiger partial charge in [-0.2, -0.15) is 5.26 Å². The number of esters is 1. The SMILES string of the molecule is Cc1cc(C(=O)OCC(=O)Nc2ccc(C#N)cc2)c(C)n1C1CC1. The van der Waals surface area contributed by atoms with Crippen LogP contribution in [0.15, 0.2) is 30.3 Å². The highest BCUT2D eigenvalue weighted by Crippen LogP contribution is 2.38. The lowest BCUT2D eigenvalue weighted by atomic mass is 10.2. The minimum absolute atomic E-state index is 0.355. The van der Waals surface area contributed by atoms with Gasteiger partial charge in [-0.05, 0) is 57.0 Å². The summed E-state index contributed by atoms with van der Waals surface area (Å²) in [7, 11) is 0. The molecule has 1 heterocycles. The topological polar surface area (TPSA) is 84.1 Å². The molecule has 0 spiro atoms. The van der Waals surface area contributed by atoms with Crippen molar-refractivity contribution in [2.75, 3.05) is 11.9 Å². The summed E-state index contributed by atoms with van der Waals surface area (Å²) in [6.45, 7) is 3.52. The lowest BCUT2D eigenvalue weighted by molar-refractivity contribution is -0.119. The highest BCUT2D eigenvalue weighted by Gasteiger charge is 2.28. The van der Waals surface area contributed by atoms with Gasteiger partial charge in [0.1, 0.15) is 0 Å². The van der Waals surface area contributed by atoms with Gasteiger partial charge in [-0.25, -0.2) is 4.79 Å². The molecule has 2 aromatic rings. The fourth-order valence-electron chi connectivity index (χ4n) is 2.91. The number of nitriles is 1. The fourth-order valence-corrected chi connectivity index (χ4v) is 2.91. The van der Waals surface area contributed by atoms with Crippen LogP contribution in [0.3, 0.4) is 0 Å². The monoisotopic (exact) mass is 337 g/mol. The summed E-state index contributed by atoms with van der Waals surface area (Å²) < 4.78 is 7.30. The summed E-state index contributed by atoms with van der Waals surface area (Å²) in [5.41, 5.74) is 3.49. The second-order valence-electron chi connectivity index (χ2n) is 6.20. The van der Waals surface area contributed by atoms with E-state index in [9.17, 15) is 9.59 Å². The molecule has 128 valence electrons. The van der Waals surface area contributed by atoms with Gasteiger partial charge in [0.2, 0.25) is 0 Å². The van der Waals surface area contributed by atoms with Gasteiger partial charge in [-0.15, -0.1) is 0 Å². The number of hydrogen-bond acceptors (Lipinski definition) is 4. The van der Waals surface area contributed by atoms with E-state index >= 15 is 0 Å². The molecule has 0 saturated heterocycles. The molecule has 1 aliphatic rings. The van der Waals surface area contributed by atoms with Crippen LogP contribution in [0.1, 0.15) is 46.2 Å². The second kappa shape index (κ2) is 6.81. The Hall–Kier alpha value is -3.07. The summed E-state index contributed by atoms with van der Waals surface area (Å²) in [6.07, 6.45) is 2.27. The first-order valence-electron chi connectivity index (χ1n) is 8.15. The normalized spacial score (nSPS) is 13.2. The number of anilines is 1. The summed E-state index contributed by atoms with van der Waals surface area (Å²) in [6, 6.07) is 10.8. The predicted molar refractivity (Wildman–Crippen MR) is 92.2 cm³/mol. The van der Waals surface area contributed by atoms with Gasteiger partial charge >= 0.3 is 5.97 Å². The molecule has 1 amide bonds. The molecular weight excluding hydrogens is 318 g/mol. The van der Waals surface area contributed by atoms with E-state index in [4.69, 9.17) is 10.00 Å². The zero-order valence-electron chi connectivity index (χ0n) is 14.2. The van der Waals surface area contributed by atoms with Crippen molar-refractivity contribution >= 4 is 17.6 Å². The van der Waals surface area contributed by atoms with Gasteiger partial charge in [0, 0.05) is 23.1 Å². The van der Waals surface area contributed by atoms with Crippen molar-refractivity contribution in [1.29, 1.82) is 5.26 Å². The Kier molecular flexibility index (Phi) is 4.57. The van der Waals surface area contributed by atoms with Gasteiger partial charge in [0.15, 0.2) is 6.61 Å². The molecule has 1 aliphatic carbocycles. The number of aryl methyl sites for hydroxylation is 1. The standard InChI is InChI=1S/C19H19N3O3/c1-12-9-17(13(2)22(12)16-7-8-16)19(24)25-11-18(23)21-15-5-3-14(10-20)4-6-15/h3-6,9,16H,7-8,11H2,1-2H3,(H,21,23). The first-order valence-corrected chi connectivity index (χ1v) is 8.15. The van der Waals surface area contributed by atoms with Crippen LogP contribution in [0.2, 0.25) is 0 Å². The minimum Gasteiger partial charge on any atom is -0.452 e. The number of rotatable bonds is 5. The number of benzene rings is 1. The molecule has 1 aromatic heterocycles. The van der Waals surface area contributed by atoms with Gasteiger partial charge in [0.05, 0.1) is 17.2 Å². The van der Waals surface area contributed by atoms with Gasteiger partial charge in [-0.3, -0.25) is 4.79 Å². The molecule has 0 atom stereocenters. The number of ether oxygens (including phenoxy) is 1. The lowest BCUT2D eigenvalue weighted by Gasteiger charge is -2.08. The average molecular weight is 337 g/mol. The number of carbonyl (C=O) groups is 2. The fraction of sp³-hybridized carbons (Fsp3) is 0.316. The lowest BCUT2D eigenvalue weighted by Crippen LogP contribution is -2.21. The van der Waals surface area contributed by atoms with Crippen molar-refractivity contribution in [3.63, 3.8) is 0 Å². The first kappa shape index (κ1) is 16.8. The van der Waals surface area contributed by atoms with Crippen LogP contribution in [0.25, 0.3) is 0 Å². The number of hydrogen-bond donors (Lipinski definition) is 1. The molecule has 0 bridgehead atoms.